The fourth-order valence-corrected chi connectivity index (χ4v) is 2.86. The summed E-state index contributed by atoms with van der Waals surface area (Å²) in [4.78, 5) is 29.0. The number of amides is 1. The lowest BCUT2D eigenvalue weighted by atomic mass is 10.2. The molecule has 1 aliphatic heterocycles. The lowest BCUT2D eigenvalue weighted by molar-refractivity contribution is -0.138. The van der Waals surface area contributed by atoms with Gasteiger partial charge in [-0.25, -0.2) is 9.67 Å². The van der Waals surface area contributed by atoms with Crippen LogP contribution in [-0.4, -0.2) is 55.2 Å². The van der Waals surface area contributed by atoms with Crippen LogP contribution >= 0.6 is 11.8 Å². The number of nitrogens with zero attached hydrogens (tertiary/aromatic N) is 4. The van der Waals surface area contributed by atoms with Gasteiger partial charge in [0.1, 0.15) is 12.4 Å². The molecule has 2 rings (SSSR count). The highest BCUT2D eigenvalue weighted by Crippen LogP contribution is 2.24. The van der Waals surface area contributed by atoms with Gasteiger partial charge in [0.15, 0.2) is 5.82 Å². The number of likely N-dealkylation sites (tertiary alicyclic amines) is 1. The summed E-state index contributed by atoms with van der Waals surface area (Å²) in [5, 5.41) is 13.3. The Morgan fingerprint density at radius 2 is 2.29 bits per heavy atom. The Morgan fingerprint density at radius 3 is 2.86 bits per heavy atom. The van der Waals surface area contributed by atoms with E-state index in [1.165, 1.54) is 4.68 Å². The average molecular weight is 312 g/mol. The minimum atomic E-state index is -0.961. The molecule has 0 spiro atoms. The smallest absolute Gasteiger partial charge is 0.325 e. The van der Waals surface area contributed by atoms with E-state index in [1.54, 1.807) is 16.7 Å². The topological polar surface area (TPSA) is 88.3 Å². The molecule has 0 radical (unpaired) electrons. The van der Waals surface area contributed by atoms with Crippen molar-refractivity contribution in [3.05, 3.63) is 11.6 Å². The summed E-state index contributed by atoms with van der Waals surface area (Å²) in [6, 6.07) is -0.241. The van der Waals surface area contributed by atoms with Crippen LogP contribution in [0.2, 0.25) is 0 Å². The first-order valence-corrected chi connectivity index (χ1v) is 8.36. The zero-order chi connectivity index (χ0) is 15.4. The molecule has 7 nitrogen and oxygen atoms in total. The largest absolute Gasteiger partial charge is 0.480 e. The molecule has 1 aliphatic rings. The lowest BCUT2D eigenvalue weighted by Crippen LogP contribution is -2.30. The summed E-state index contributed by atoms with van der Waals surface area (Å²) in [5.74, 6) is 1.21. The molecule has 1 aromatic rings. The van der Waals surface area contributed by atoms with E-state index < -0.39 is 5.97 Å². The maximum Gasteiger partial charge on any atom is 0.325 e. The molecular formula is C13H20N4O3S. The van der Waals surface area contributed by atoms with E-state index >= 15 is 0 Å². The number of carbonyl (C=O) groups is 2. The second kappa shape index (κ2) is 6.93. The van der Waals surface area contributed by atoms with Crippen molar-refractivity contribution in [3.8, 4) is 0 Å². The molecule has 0 aliphatic carbocycles. The molecule has 0 bridgehead atoms. The van der Waals surface area contributed by atoms with Crippen LogP contribution < -0.4 is 0 Å². The second-order valence-electron chi connectivity index (χ2n) is 5.05. The normalized spacial score (nSPS) is 16.5. The highest BCUT2D eigenvalue weighted by atomic mass is 32.2. The number of aryl methyl sites for hydroxylation is 1. The van der Waals surface area contributed by atoms with Crippen molar-refractivity contribution in [2.24, 2.45) is 0 Å². The predicted octanol–water partition coefficient (Wildman–Crippen LogP) is 0.952. The van der Waals surface area contributed by atoms with Crippen molar-refractivity contribution in [2.45, 2.75) is 38.8 Å². The first-order valence-electron chi connectivity index (χ1n) is 6.96. The highest BCUT2D eigenvalue weighted by molar-refractivity contribution is 7.98. The van der Waals surface area contributed by atoms with Gasteiger partial charge in [0.2, 0.25) is 5.91 Å². The van der Waals surface area contributed by atoms with Gasteiger partial charge in [0, 0.05) is 25.1 Å². The maximum absolute atomic E-state index is 11.9. The molecule has 1 fully saturated rings. The molecule has 0 unspecified atom stereocenters. The Hall–Kier alpha value is -1.57. The zero-order valence-electron chi connectivity index (χ0n) is 12.3. The number of hydrogen-bond acceptors (Lipinski definition) is 5. The third-order valence-electron chi connectivity index (χ3n) is 3.51. The summed E-state index contributed by atoms with van der Waals surface area (Å²) < 4.78 is 1.41. The standard InChI is InChI=1S/C13H20N4O3S/c1-9(16-6-3-4-11(16)18)13-14-10(5-7-21-2)15-17(13)8-12(19)20/h9H,3-8H2,1-2H3,(H,19,20)/t9-/m1/s1. The SMILES string of the molecule is CSCCc1nc([C@@H](C)N2CCCC2=O)n(CC(=O)O)n1. The summed E-state index contributed by atoms with van der Waals surface area (Å²) in [6.45, 7) is 2.35. The maximum atomic E-state index is 11.9. The molecule has 1 aromatic heterocycles. The zero-order valence-corrected chi connectivity index (χ0v) is 13.1. The van der Waals surface area contributed by atoms with Gasteiger partial charge in [-0.2, -0.15) is 16.9 Å². The van der Waals surface area contributed by atoms with Crippen LogP contribution in [0.5, 0.6) is 0 Å². The second-order valence-corrected chi connectivity index (χ2v) is 6.03. The van der Waals surface area contributed by atoms with E-state index in [9.17, 15) is 9.59 Å². The molecule has 8 heteroatoms. The van der Waals surface area contributed by atoms with E-state index in [4.69, 9.17) is 5.11 Å². The highest BCUT2D eigenvalue weighted by Gasteiger charge is 2.29. The van der Waals surface area contributed by atoms with E-state index in [2.05, 4.69) is 10.1 Å². The van der Waals surface area contributed by atoms with Crippen molar-refractivity contribution in [2.75, 3.05) is 18.6 Å². The first kappa shape index (κ1) is 15.8. The molecule has 0 aromatic carbocycles. The van der Waals surface area contributed by atoms with Gasteiger partial charge < -0.3 is 10.0 Å². The van der Waals surface area contributed by atoms with Crippen molar-refractivity contribution in [1.29, 1.82) is 0 Å². The number of aliphatic carboxylic acids is 1. The van der Waals surface area contributed by atoms with Gasteiger partial charge in [-0.15, -0.1) is 0 Å². The molecule has 1 saturated heterocycles. The summed E-state index contributed by atoms with van der Waals surface area (Å²) in [6.07, 6.45) is 4.09. The van der Waals surface area contributed by atoms with Gasteiger partial charge in [0.25, 0.3) is 0 Å². The summed E-state index contributed by atoms with van der Waals surface area (Å²) in [7, 11) is 0. The molecule has 2 heterocycles. The Bertz CT molecular complexity index is 531. The third kappa shape index (κ3) is 3.75. The molecular weight excluding hydrogens is 292 g/mol. The summed E-state index contributed by atoms with van der Waals surface area (Å²) >= 11 is 1.69. The van der Waals surface area contributed by atoms with Crippen LogP contribution in [0.15, 0.2) is 0 Å². The quantitative estimate of drug-likeness (QED) is 0.806. The van der Waals surface area contributed by atoms with Gasteiger partial charge in [-0.1, -0.05) is 0 Å². The number of rotatable bonds is 7. The first-order chi connectivity index (χ1) is 10.0. The van der Waals surface area contributed by atoms with E-state index in [-0.39, 0.29) is 18.5 Å². The Kier molecular flexibility index (Phi) is 5.22. The van der Waals surface area contributed by atoms with Crippen molar-refractivity contribution >= 4 is 23.6 Å². The minimum Gasteiger partial charge on any atom is -0.480 e. The van der Waals surface area contributed by atoms with E-state index in [1.807, 2.05) is 13.2 Å². The molecule has 0 saturated carbocycles. The molecule has 116 valence electrons. The lowest BCUT2D eigenvalue weighted by Gasteiger charge is -2.23. The third-order valence-corrected chi connectivity index (χ3v) is 4.12. The Labute approximate surface area is 127 Å². The monoisotopic (exact) mass is 312 g/mol. The predicted molar refractivity (Wildman–Crippen MR) is 79.1 cm³/mol. The number of carboxylic acid groups (broad SMARTS) is 1. The van der Waals surface area contributed by atoms with Crippen LogP contribution in [0.3, 0.4) is 0 Å². The fourth-order valence-electron chi connectivity index (χ4n) is 2.47. The van der Waals surface area contributed by atoms with Gasteiger partial charge in [-0.05, 0) is 19.6 Å². The van der Waals surface area contributed by atoms with Crippen LogP contribution in [0.25, 0.3) is 0 Å². The van der Waals surface area contributed by atoms with Crippen LogP contribution in [0, 0.1) is 0 Å². The number of thioether (sulfide) groups is 1. The molecule has 1 N–H and O–H groups in total. The summed E-state index contributed by atoms with van der Waals surface area (Å²) in [5.41, 5.74) is 0. The minimum absolute atomic E-state index is 0.0954. The van der Waals surface area contributed by atoms with Gasteiger partial charge in [0.05, 0.1) is 6.04 Å². The number of carboxylic acids is 1. The van der Waals surface area contributed by atoms with Crippen molar-refractivity contribution < 1.29 is 14.7 Å². The van der Waals surface area contributed by atoms with Crippen LogP contribution in [0.4, 0.5) is 0 Å². The van der Waals surface area contributed by atoms with E-state index in [0.717, 1.165) is 12.2 Å². The Balaban J connectivity index is 2.23. The number of aromatic nitrogens is 3. The molecule has 1 amide bonds. The molecule has 1 atom stereocenters. The number of hydrogen-bond donors (Lipinski definition) is 1. The van der Waals surface area contributed by atoms with Crippen LogP contribution in [0.1, 0.15) is 37.5 Å². The van der Waals surface area contributed by atoms with Crippen LogP contribution in [-0.2, 0) is 22.6 Å². The van der Waals surface area contributed by atoms with Crippen molar-refractivity contribution in [3.63, 3.8) is 0 Å². The number of carbonyl (C=O) groups excluding carboxylic acids is 1. The fraction of sp³-hybridized carbons (Fsp3) is 0.692. The Morgan fingerprint density at radius 1 is 1.52 bits per heavy atom. The van der Waals surface area contributed by atoms with E-state index in [0.29, 0.717) is 31.0 Å². The van der Waals surface area contributed by atoms with Gasteiger partial charge in [-0.3, -0.25) is 9.59 Å². The average Bonchev–Trinajstić information content (AvgIpc) is 3.01. The van der Waals surface area contributed by atoms with Crippen molar-refractivity contribution in [1.82, 2.24) is 19.7 Å². The van der Waals surface area contributed by atoms with Gasteiger partial charge >= 0.3 is 5.97 Å². The molecule has 21 heavy (non-hydrogen) atoms.